The van der Waals surface area contributed by atoms with Crippen LogP contribution in [0.5, 0.6) is 11.5 Å². The maximum atomic E-state index is 12.4. The molecule has 0 aliphatic heterocycles. The minimum absolute atomic E-state index is 0.164. The van der Waals surface area contributed by atoms with Gasteiger partial charge in [0.1, 0.15) is 11.5 Å². The second kappa shape index (κ2) is 9.25. The lowest BCUT2D eigenvalue weighted by Gasteiger charge is -2.11. The van der Waals surface area contributed by atoms with Gasteiger partial charge in [0.2, 0.25) is 17.6 Å². The van der Waals surface area contributed by atoms with E-state index in [9.17, 15) is 4.79 Å². The molecular formula is C21H20ClN3O4. The first-order chi connectivity index (χ1) is 14.0. The van der Waals surface area contributed by atoms with Gasteiger partial charge in [-0.3, -0.25) is 4.79 Å². The lowest BCUT2D eigenvalue weighted by molar-refractivity contribution is -0.125. The predicted octanol–water partition coefficient (Wildman–Crippen LogP) is 4.08. The summed E-state index contributed by atoms with van der Waals surface area (Å²) in [7, 11) is 4.78. The number of aromatic nitrogens is 2. The monoisotopic (exact) mass is 413 g/mol. The van der Waals surface area contributed by atoms with Gasteiger partial charge < -0.3 is 18.9 Å². The summed E-state index contributed by atoms with van der Waals surface area (Å²) in [5.74, 6) is 1.67. The van der Waals surface area contributed by atoms with E-state index >= 15 is 0 Å². The van der Waals surface area contributed by atoms with Gasteiger partial charge in [-0.1, -0.05) is 35.0 Å². The Morgan fingerprint density at radius 1 is 1.21 bits per heavy atom. The van der Waals surface area contributed by atoms with Gasteiger partial charge in [-0.15, -0.1) is 0 Å². The SMILES string of the molecule is COc1ccc(-c2noc(CN(C)C(=O)/C=C/c3ccccc3Cl)n2)c(OC)c1. The van der Waals surface area contributed by atoms with Crippen molar-refractivity contribution in [1.29, 1.82) is 0 Å². The minimum Gasteiger partial charge on any atom is -0.497 e. The number of nitrogens with zero attached hydrogens (tertiary/aromatic N) is 3. The highest BCUT2D eigenvalue weighted by Gasteiger charge is 2.16. The van der Waals surface area contributed by atoms with E-state index in [1.807, 2.05) is 18.2 Å². The number of halogens is 1. The molecule has 0 saturated heterocycles. The van der Waals surface area contributed by atoms with E-state index in [4.69, 9.17) is 25.6 Å². The molecule has 1 amide bonds. The fraction of sp³-hybridized carbons (Fsp3) is 0.190. The molecule has 0 aliphatic carbocycles. The molecule has 2 aromatic carbocycles. The summed E-state index contributed by atoms with van der Waals surface area (Å²) >= 11 is 6.09. The number of benzene rings is 2. The topological polar surface area (TPSA) is 77.7 Å². The Hall–Kier alpha value is -3.32. The third-order valence-corrected chi connectivity index (χ3v) is 4.52. The number of ether oxygens (including phenoxy) is 2. The van der Waals surface area contributed by atoms with Crippen LogP contribution in [0.15, 0.2) is 53.1 Å². The van der Waals surface area contributed by atoms with Crippen LogP contribution in [0.25, 0.3) is 17.5 Å². The van der Waals surface area contributed by atoms with Crippen LogP contribution in [0.1, 0.15) is 11.5 Å². The van der Waals surface area contributed by atoms with Gasteiger partial charge in [0.05, 0.1) is 26.3 Å². The van der Waals surface area contributed by atoms with Gasteiger partial charge in [0, 0.05) is 24.2 Å². The molecule has 0 unspecified atom stereocenters. The van der Waals surface area contributed by atoms with E-state index in [-0.39, 0.29) is 12.5 Å². The second-order valence-corrected chi connectivity index (χ2v) is 6.53. The number of rotatable bonds is 7. The van der Waals surface area contributed by atoms with Gasteiger partial charge in [-0.2, -0.15) is 4.98 Å². The molecule has 0 atom stereocenters. The van der Waals surface area contributed by atoms with Gasteiger partial charge in [-0.05, 0) is 29.8 Å². The maximum Gasteiger partial charge on any atom is 0.246 e. The fourth-order valence-electron chi connectivity index (χ4n) is 2.59. The molecule has 0 saturated carbocycles. The molecule has 3 aromatic rings. The highest BCUT2D eigenvalue weighted by atomic mass is 35.5. The van der Waals surface area contributed by atoms with E-state index in [1.54, 1.807) is 51.6 Å². The summed E-state index contributed by atoms with van der Waals surface area (Å²) in [6.07, 6.45) is 3.12. The van der Waals surface area contributed by atoms with Crippen molar-refractivity contribution in [2.45, 2.75) is 6.54 Å². The summed E-state index contributed by atoms with van der Waals surface area (Å²) < 4.78 is 15.9. The van der Waals surface area contributed by atoms with Crippen LogP contribution in [-0.4, -0.2) is 42.2 Å². The largest absolute Gasteiger partial charge is 0.497 e. The molecule has 8 heteroatoms. The number of methoxy groups -OCH3 is 2. The van der Waals surface area contributed by atoms with Crippen molar-refractivity contribution in [1.82, 2.24) is 15.0 Å². The third kappa shape index (κ3) is 4.94. The Morgan fingerprint density at radius 3 is 2.72 bits per heavy atom. The van der Waals surface area contributed by atoms with E-state index < -0.39 is 0 Å². The molecular weight excluding hydrogens is 394 g/mol. The van der Waals surface area contributed by atoms with E-state index in [0.29, 0.717) is 33.8 Å². The Balaban J connectivity index is 1.70. The normalized spacial score (nSPS) is 10.9. The molecule has 1 aromatic heterocycles. The fourth-order valence-corrected chi connectivity index (χ4v) is 2.79. The first-order valence-electron chi connectivity index (χ1n) is 8.74. The number of hydrogen-bond donors (Lipinski definition) is 0. The van der Waals surface area contributed by atoms with Gasteiger partial charge in [0.15, 0.2) is 0 Å². The lowest BCUT2D eigenvalue weighted by Crippen LogP contribution is -2.24. The standard InChI is InChI=1S/C21H20ClN3O4/c1-25(20(26)11-8-14-6-4-5-7-17(14)22)13-19-23-21(24-29-19)16-10-9-15(27-2)12-18(16)28-3/h4-12H,13H2,1-3H3/b11-8+. The molecule has 0 radical (unpaired) electrons. The first-order valence-corrected chi connectivity index (χ1v) is 9.12. The summed E-state index contributed by atoms with van der Waals surface area (Å²) in [4.78, 5) is 18.2. The molecule has 0 N–H and O–H groups in total. The van der Waals surface area contributed by atoms with Crippen LogP contribution in [0.2, 0.25) is 5.02 Å². The maximum absolute atomic E-state index is 12.4. The zero-order valence-corrected chi connectivity index (χ0v) is 17.0. The van der Waals surface area contributed by atoms with Crippen LogP contribution in [0.3, 0.4) is 0 Å². The summed E-state index contributed by atoms with van der Waals surface area (Å²) in [5.41, 5.74) is 1.43. The zero-order chi connectivity index (χ0) is 20.8. The van der Waals surface area contributed by atoms with Crippen LogP contribution in [0, 0.1) is 0 Å². The average molecular weight is 414 g/mol. The summed E-state index contributed by atoms with van der Waals surface area (Å²) in [6, 6.07) is 12.6. The van der Waals surface area contributed by atoms with Crippen molar-refractivity contribution < 1.29 is 18.8 Å². The lowest BCUT2D eigenvalue weighted by atomic mass is 10.2. The van der Waals surface area contributed by atoms with E-state index in [1.165, 1.54) is 11.0 Å². The van der Waals surface area contributed by atoms with Crippen molar-refractivity contribution in [3.05, 3.63) is 65.0 Å². The molecule has 0 aliphatic rings. The van der Waals surface area contributed by atoms with Crippen molar-refractivity contribution in [3.63, 3.8) is 0 Å². The second-order valence-electron chi connectivity index (χ2n) is 6.13. The molecule has 29 heavy (non-hydrogen) atoms. The number of amides is 1. The van der Waals surface area contributed by atoms with Crippen molar-refractivity contribution in [2.24, 2.45) is 0 Å². The van der Waals surface area contributed by atoms with Crippen LogP contribution in [-0.2, 0) is 11.3 Å². The summed E-state index contributed by atoms with van der Waals surface area (Å²) in [5, 5.41) is 4.57. The zero-order valence-electron chi connectivity index (χ0n) is 16.3. The van der Waals surface area contributed by atoms with Crippen LogP contribution < -0.4 is 9.47 Å². The molecule has 0 bridgehead atoms. The van der Waals surface area contributed by atoms with E-state index in [2.05, 4.69) is 10.1 Å². The van der Waals surface area contributed by atoms with Gasteiger partial charge >= 0.3 is 0 Å². The Morgan fingerprint density at radius 2 is 2.00 bits per heavy atom. The average Bonchev–Trinajstić information content (AvgIpc) is 3.20. The molecule has 1 heterocycles. The highest BCUT2D eigenvalue weighted by molar-refractivity contribution is 6.32. The molecule has 0 fully saturated rings. The number of likely N-dealkylation sites (N-methyl/N-ethyl adjacent to an activating group) is 1. The van der Waals surface area contributed by atoms with Crippen molar-refractivity contribution >= 4 is 23.6 Å². The Labute approximate surface area is 173 Å². The van der Waals surface area contributed by atoms with Crippen LogP contribution in [0.4, 0.5) is 0 Å². The number of hydrogen-bond acceptors (Lipinski definition) is 6. The Kier molecular flexibility index (Phi) is 6.51. The van der Waals surface area contributed by atoms with Gasteiger partial charge in [0.25, 0.3) is 0 Å². The van der Waals surface area contributed by atoms with Crippen molar-refractivity contribution in [3.8, 4) is 22.9 Å². The minimum atomic E-state index is -0.216. The molecule has 0 spiro atoms. The molecule has 7 nitrogen and oxygen atoms in total. The number of carbonyl (C=O) groups is 1. The van der Waals surface area contributed by atoms with Gasteiger partial charge in [-0.25, -0.2) is 0 Å². The molecule has 150 valence electrons. The Bertz CT molecular complexity index is 1030. The smallest absolute Gasteiger partial charge is 0.246 e. The first kappa shape index (κ1) is 20.4. The van der Waals surface area contributed by atoms with Crippen molar-refractivity contribution in [2.75, 3.05) is 21.3 Å². The summed E-state index contributed by atoms with van der Waals surface area (Å²) in [6.45, 7) is 0.164. The number of carbonyl (C=O) groups excluding carboxylic acids is 1. The predicted molar refractivity (Wildman–Crippen MR) is 110 cm³/mol. The van der Waals surface area contributed by atoms with Crippen LogP contribution >= 0.6 is 11.6 Å². The molecule has 3 rings (SSSR count). The highest BCUT2D eigenvalue weighted by Crippen LogP contribution is 2.31. The quantitative estimate of drug-likeness (QED) is 0.543. The third-order valence-electron chi connectivity index (χ3n) is 4.18. The van der Waals surface area contributed by atoms with E-state index in [0.717, 1.165) is 5.56 Å².